The minimum absolute atomic E-state index is 0.104. The minimum Gasteiger partial charge on any atom is -0.508 e. The average Bonchev–Trinajstić information content (AvgIpc) is 2.45. The van der Waals surface area contributed by atoms with Crippen LogP contribution in [0, 0.1) is 0 Å². The standard InChI is InChI=1S/C18H22O2/c1-4-12-7-8-14(9-13(12)5-2)17-10-15(19)11-18(20)16(17)6-3/h7-11,19-20H,4-6H2,1-3H3. The Morgan fingerprint density at radius 1 is 0.800 bits per heavy atom. The maximum atomic E-state index is 10.0. The molecule has 0 bridgehead atoms. The number of rotatable bonds is 4. The van der Waals surface area contributed by atoms with Gasteiger partial charge in [0.1, 0.15) is 11.5 Å². The van der Waals surface area contributed by atoms with E-state index in [1.165, 1.54) is 17.2 Å². The molecule has 2 nitrogen and oxygen atoms in total. The molecule has 106 valence electrons. The molecule has 2 N–H and O–H groups in total. The SMILES string of the molecule is CCc1ccc(-c2cc(O)cc(O)c2CC)cc1CC. The highest BCUT2D eigenvalue weighted by molar-refractivity contribution is 5.73. The van der Waals surface area contributed by atoms with Crippen molar-refractivity contribution < 1.29 is 10.2 Å². The molecule has 2 rings (SSSR count). The second kappa shape index (κ2) is 6.00. The predicted molar refractivity (Wildman–Crippen MR) is 83.3 cm³/mol. The van der Waals surface area contributed by atoms with Crippen LogP contribution in [0.1, 0.15) is 37.5 Å². The molecule has 2 heteroatoms. The lowest BCUT2D eigenvalue weighted by Crippen LogP contribution is -1.94. The predicted octanol–water partition coefficient (Wildman–Crippen LogP) is 4.45. The fourth-order valence-electron chi connectivity index (χ4n) is 2.74. The summed E-state index contributed by atoms with van der Waals surface area (Å²) >= 11 is 0. The van der Waals surface area contributed by atoms with E-state index in [1.54, 1.807) is 6.07 Å². The first kappa shape index (κ1) is 14.4. The summed E-state index contributed by atoms with van der Waals surface area (Å²) in [6.45, 7) is 6.32. The molecule has 0 atom stereocenters. The van der Waals surface area contributed by atoms with Gasteiger partial charge in [-0.3, -0.25) is 0 Å². The van der Waals surface area contributed by atoms with Crippen molar-refractivity contribution in [3.63, 3.8) is 0 Å². The van der Waals surface area contributed by atoms with Crippen LogP contribution in [0.2, 0.25) is 0 Å². The first-order valence-corrected chi connectivity index (χ1v) is 7.27. The van der Waals surface area contributed by atoms with Crippen LogP contribution in [0.5, 0.6) is 11.5 Å². The van der Waals surface area contributed by atoms with Gasteiger partial charge in [0, 0.05) is 11.6 Å². The highest BCUT2D eigenvalue weighted by atomic mass is 16.3. The molecule has 0 aliphatic heterocycles. The maximum absolute atomic E-state index is 10.0. The molecule has 0 fully saturated rings. The van der Waals surface area contributed by atoms with Crippen LogP contribution in [0.3, 0.4) is 0 Å². The summed E-state index contributed by atoms with van der Waals surface area (Å²) in [4.78, 5) is 0. The summed E-state index contributed by atoms with van der Waals surface area (Å²) < 4.78 is 0. The van der Waals surface area contributed by atoms with Crippen molar-refractivity contribution in [2.45, 2.75) is 40.0 Å². The summed E-state index contributed by atoms with van der Waals surface area (Å²) in [5.41, 5.74) is 5.55. The number of aryl methyl sites for hydroxylation is 2. The molecule has 0 aliphatic rings. The summed E-state index contributed by atoms with van der Waals surface area (Å²) in [6, 6.07) is 9.54. The van der Waals surface area contributed by atoms with E-state index in [0.717, 1.165) is 36.0 Å². The van der Waals surface area contributed by atoms with Gasteiger partial charge in [0.2, 0.25) is 0 Å². The van der Waals surface area contributed by atoms with Crippen LogP contribution in [-0.2, 0) is 19.3 Å². The average molecular weight is 270 g/mol. The molecule has 0 saturated carbocycles. The summed E-state index contributed by atoms with van der Waals surface area (Å²) in [5.74, 6) is 0.271. The molecular weight excluding hydrogens is 248 g/mol. The van der Waals surface area contributed by atoms with Crippen molar-refractivity contribution in [3.05, 3.63) is 47.0 Å². The monoisotopic (exact) mass is 270 g/mol. The molecule has 0 spiro atoms. The van der Waals surface area contributed by atoms with Crippen LogP contribution >= 0.6 is 0 Å². The van der Waals surface area contributed by atoms with E-state index in [2.05, 4.69) is 32.0 Å². The first-order valence-electron chi connectivity index (χ1n) is 7.27. The molecule has 0 heterocycles. The Balaban J connectivity index is 2.62. The van der Waals surface area contributed by atoms with E-state index in [4.69, 9.17) is 0 Å². The van der Waals surface area contributed by atoms with Gasteiger partial charge in [-0.05, 0) is 47.6 Å². The molecule has 2 aromatic carbocycles. The second-order valence-corrected chi connectivity index (χ2v) is 5.04. The third-order valence-corrected chi connectivity index (χ3v) is 3.84. The van der Waals surface area contributed by atoms with Crippen molar-refractivity contribution in [1.82, 2.24) is 0 Å². The third-order valence-electron chi connectivity index (χ3n) is 3.84. The van der Waals surface area contributed by atoms with Gasteiger partial charge in [-0.2, -0.15) is 0 Å². The Morgan fingerprint density at radius 3 is 2.10 bits per heavy atom. The smallest absolute Gasteiger partial charge is 0.123 e. The summed E-state index contributed by atoms with van der Waals surface area (Å²) in [5, 5.41) is 19.7. The molecule has 0 radical (unpaired) electrons. The topological polar surface area (TPSA) is 40.5 Å². The van der Waals surface area contributed by atoms with Gasteiger partial charge in [0.25, 0.3) is 0 Å². The van der Waals surface area contributed by atoms with Gasteiger partial charge in [-0.15, -0.1) is 0 Å². The van der Waals surface area contributed by atoms with Gasteiger partial charge in [-0.1, -0.05) is 39.0 Å². The summed E-state index contributed by atoms with van der Waals surface area (Å²) in [6.07, 6.45) is 2.75. The Hall–Kier alpha value is -1.96. The van der Waals surface area contributed by atoms with Gasteiger partial charge in [0.05, 0.1) is 0 Å². The van der Waals surface area contributed by atoms with Crippen molar-refractivity contribution in [2.24, 2.45) is 0 Å². The molecule has 0 aliphatic carbocycles. The van der Waals surface area contributed by atoms with E-state index in [1.807, 2.05) is 6.92 Å². The van der Waals surface area contributed by atoms with Gasteiger partial charge < -0.3 is 10.2 Å². The van der Waals surface area contributed by atoms with E-state index < -0.39 is 0 Å². The lowest BCUT2D eigenvalue weighted by atomic mass is 9.92. The zero-order valence-corrected chi connectivity index (χ0v) is 12.4. The van der Waals surface area contributed by atoms with Crippen LogP contribution < -0.4 is 0 Å². The van der Waals surface area contributed by atoms with E-state index in [9.17, 15) is 10.2 Å². The number of phenolic OH excluding ortho intramolecular Hbond substituents is 2. The zero-order chi connectivity index (χ0) is 14.7. The Morgan fingerprint density at radius 2 is 1.50 bits per heavy atom. The normalized spacial score (nSPS) is 10.8. The van der Waals surface area contributed by atoms with Crippen molar-refractivity contribution in [1.29, 1.82) is 0 Å². The van der Waals surface area contributed by atoms with Crippen LogP contribution in [0.4, 0.5) is 0 Å². The molecule has 20 heavy (non-hydrogen) atoms. The fraction of sp³-hybridized carbons (Fsp3) is 0.333. The number of hydrogen-bond acceptors (Lipinski definition) is 2. The third kappa shape index (κ3) is 2.64. The largest absolute Gasteiger partial charge is 0.508 e. The summed E-state index contributed by atoms with van der Waals surface area (Å²) in [7, 11) is 0. The fourth-order valence-corrected chi connectivity index (χ4v) is 2.74. The number of benzene rings is 2. The molecule has 0 saturated heterocycles. The van der Waals surface area contributed by atoms with Gasteiger partial charge in [0.15, 0.2) is 0 Å². The molecule has 0 unspecified atom stereocenters. The van der Waals surface area contributed by atoms with Crippen LogP contribution in [0.25, 0.3) is 11.1 Å². The molecular formula is C18H22O2. The second-order valence-electron chi connectivity index (χ2n) is 5.04. The highest BCUT2D eigenvalue weighted by Gasteiger charge is 2.12. The van der Waals surface area contributed by atoms with Crippen molar-refractivity contribution >= 4 is 0 Å². The van der Waals surface area contributed by atoms with E-state index in [0.29, 0.717) is 0 Å². The van der Waals surface area contributed by atoms with Crippen LogP contribution in [0.15, 0.2) is 30.3 Å². The van der Waals surface area contributed by atoms with Crippen molar-refractivity contribution in [3.8, 4) is 22.6 Å². The maximum Gasteiger partial charge on any atom is 0.123 e. The number of aromatic hydroxyl groups is 2. The molecule has 2 aromatic rings. The lowest BCUT2D eigenvalue weighted by Gasteiger charge is -2.14. The quantitative estimate of drug-likeness (QED) is 0.861. The van der Waals surface area contributed by atoms with Crippen molar-refractivity contribution in [2.75, 3.05) is 0 Å². The Bertz CT molecular complexity index is 615. The minimum atomic E-state index is 0.104. The number of hydrogen-bond donors (Lipinski definition) is 2. The molecule has 0 amide bonds. The molecule has 0 aromatic heterocycles. The van der Waals surface area contributed by atoms with Crippen LogP contribution in [-0.4, -0.2) is 10.2 Å². The Labute approximate surface area is 120 Å². The number of phenols is 2. The first-order chi connectivity index (χ1) is 9.60. The lowest BCUT2D eigenvalue weighted by molar-refractivity contribution is 0.447. The van der Waals surface area contributed by atoms with E-state index >= 15 is 0 Å². The highest BCUT2D eigenvalue weighted by Crippen LogP contribution is 2.35. The van der Waals surface area contributed by atoms with E-state index in [-0.39, 0.29) is 11.5 Å². The van der Waals surface area contributed by atoms with Gasteiger partial charge in [-0.25, -0.2) is 0 Å². The van der Waals surface area contributed by atoms with Gasteiger partial charge >= 0.3 is 0 Å². The zero-order valence-electron chi connectivity index (χ0n) is 12.4. The Kier molecular flexibility index (Phi) is 4.33.